The van der Waals surface area contributed by atoms with Gasteiger partial charge in [0.25, 0.3) is 10.0 Å². The molecule has 0 saturated carbocycles. The van der Waals surface area contributed by atoms with Gasteiger partial charge in [-0.2, -0.15) is 0 Å². The summed E-state index contributed by atoms with van der Waals surface area (Å²) in [5.41, 5.74) is 0.387. The van der Waals surface area contributed by atoms with E-state index in [2.05, 4.69) is 10.0 Å². The maximum absolute atomic E-state index is 12.5. The van der Waals surface area contributed by atoms with E-state index in [4.69, 9.17) is 11.6 Å². The second-order valence-electron chi connectivity index (χ2n) is 4.50. The Hall–Kier alpha value is -1.08. The SMILES string of the molecule is CCNCc1cc(S(=O)(=O)Nc2ccccc2Cl)c(C)s1. The number of halogens is 1. The summed E-state index contributed by atoms with van der Waals surface area (Å²) in [5, 5.41) is 3.57. The first-order chi connectivity index (χ1) is 9.94. The highest BCUT2D eigenvalue weighted by molar-refractivity contribution is 7.93. The summed E-state index contributed by atoms with van der Waals surface area (Å²) in [6, 6.07) is 8.49. The normalized spacial score (nSPS) is 11.6. The van der Waals surface area contributed by atoms with Gasteiger partial charge >= 0.3 is 0 Å². The fraction of sp³-hybridized carbons (Fsp3) is 0.286. The highest BCUT2D eigenvalue weighted by atomic mass is 35.5. The largest absolute Gasteiger partial charge is 0.312 e. The predicted molar refractivity (Wildman–Crippen MR) is 88.7 cm³/mol. The Kier molecular flexibility index (Phi) is 5.27. The molecule has 0 aliphatic rings. The Morgan fingerprint density at radius 2 is 2.00 bits per heavy atom. The van der Waals surface area contributed by atoms with Crippen LogP contribution in [0.4, 0.5) is 5.69 Å². The van der Waals surface area contributed by atoms with E-state index in [1.165, 1.54) is 11.3 Å². The molecule has 1 aromatic carbocycles. The Morgan fingerprint density at radius 1 is 1.29 bits per heavy atom. The number of para-hydroxylation sites is 1. The lowest BCUT2D eigenvalue weighted by atomic mass is 10.3. The second kappa shape index (κ2) is 6.79. The molecule has 0 amide bonds. The molecular weight excluding hydrogens is 328 g/mol. The van der Waals surface area contributed by atoms with Gasteiger partial charge in [0.15, 0.2) is 0 Å². The van der Waals surface area contributed by atoms with Crippen molar-refractivity contribution in [3.05, 3.63) is 45.1 Å². The molecule has 0 saturated heterocycles. The molecule has 0 radical (unpaired) electrons. The minimum absolute atomic E-state index is 0.306. The van der Waals surface area contributed by atoms with E-state index in [1.54, 1.807) is 37.3 Å². The number of benzene rings is 1. The van der Waals surface area contributed by atoms with Crippen molar-refractivity contribution >= 4 is 38.6 Å². The van der Waals surface area contributed by atoms with Crippen molar-refractivity contribution < 1.29 is 8.42 Å². The van der Waals surface area contributed by atoms with Gasteiger partial charge in [-0.15, -0.1) is 11.3 Å². The molecule has 2 aromatic rings. The first kappa shape index (κ1) is 16.3. The van der Waals surface area contributed by atoms with Crippen molar-refractivity contribution in [2.75, 3.05) is 11.3 Å². The van der Waals surface area contributed by atoms with Gasteiger partial charge in [-0.25, -0.2) is 8.42 Å². The molecule has 7 heteroatoms. The van der Waals surface area contributed by atoms with Crippen LogP contribution in [0.5, 0.6) is 0 Å². The minimum Gasteiger partial charge on any atom is -0.312 e. The molecule has 0 atom stereocenters. The van der Waals surface area contributed by atoms with Gasteiger partial charge in [-0.05, 0) is 31.7 Å². The molecule has 0 spiro atoms. The van der Waals surface area contributed by atoms with Crippen molar-refractivity contribution in [3.8, 4) is 0 Å². The molecule has 1 aromatic heterocycles. The Morgan fingerprint density at radius 3 is 2.67 bits per heavy atom. The topological polar surface area (TPSA) is 58.2 Å². The van der Waals surface area contributed by atoms with E-state index in [0.29, 0.717) is 22.2 Å². The average Bonchev–Trinajstić information content (AvgIpc) is 2.81. The quantitative estimate of drug-likeness (QED) is 0.841. The zero-order chi connectivity index (χ0) is 15.5. The van der Waals surface area contributed by atoms with Crippen LogP contribution in [0.2, 0.25) is 5.02 Å². The minimum atomic E-state index is -3.62. The van der Waals surface area contributed by atoms with Crippen LogP contribution in [0.1, 0.15) is 16.7 Å². The van der Waals surface area contributed by atoms with Crippen LogP contribution < -0.4 is 10.0 Å². The third-order valence-corrected chi connectivity index (χ3v) is 5.88. The van der Waals surface area contributed by atoms with E-state index in [9.17, 15) is 8.42 Å². The summed E-state index contributed by atoms with van der Waals surface area (Å²) in [5.74, 6) is 0. The summed E-state index contributed by atoms with van der Waals surface area (Å²) in [6.07, 6.45) is 0. The summed E-state index contributed by atoms with van der Waals surface area (Å²) in [7, 11) is -3.62. The van der Waals surface area contributed by atoms with Crippen LogP contribution in [-0.2, 0) is 16.6 Å². The Labute approximate surface area is 134 Å². The molecule has 0 aliphatic heterocycles. The van der Waals surface area contributed by atoms with Gasteiger partial charge in [0.1, 0.15) is 4.90 Å². The van der Waals surface area contributed by atoms with E-state index in [1.807, 2.05) is 6.92 Å². The average molecular weight is 345 g/mol. The third kappa shape index (κ3) is 3.97. The Bertz CT molecular complexity index is 726. The van der Waals surface area contributed by atoms with Crippen LogP contribution in [0.25, 0.3) is 0 Å². The summed E-state index contributed by atoms with van der Waals surface area (Å²) < 4.78 is 27.5. The molecule has 2 N–H and O–H groups in total. The number of hydrogen-bond acceptors (Lipinski definition) is 4. The maximum Gasteiger partial charge on any atom is 0.263 e. The first-order valence-electron chi connectivity index (χ1n) is 6.51. The van der Waals surface area contributed by atoms with Crippen LogP contribution in [-0.4, -0.2) is 15.0 Å². The second-order valence-corrected chi connectivity index (χ2v) is 7.90. The molecular formula is C14H17ClN2O2S2. The molecule has 0 bridgehead atoms. The van der Waals surface area contributed by atoms with E-state index in [0.717, 1.165) is 16.3 Å². The molecule has 114 valence electrons. The van der Waals surface area contributed by atoms with E-state index < -0.39 is 10.0 Å². The zero-order valence-corrected chi connectivity index (χ0v) is 14.2. The number of rotatable bonds is 6. The van der Waals surface area contributed by atoms with Crippen LogP contribution in [0, 0.1) is 6.92 Å². The van der Waals surface area contributed by atoms with Gasteiger partial charge in [0.05, 0.1) is 10.7 Å². The lowest BCUT2D eigenvalue weighted by Gasteiger charge is -2.08. The molecule has 2 rings (SSSR count). The van der Waals surface area contributed by atoms with Crippen molar-refractivity contribution in [3.63, 3.8) is 0 Å². The molecule has 4 nitrogen and oxygen atoms in total. The number of nitrogens with one attached hydrogen (secondary N) is 2. The summed E-state index contributed by atoms with van der Waals surface area (Å²) >= 11 is 7.48. The molecule has 0 aliphatic carbocycles. The Balaban J connectivity index is 2.27. The fourth-order valence-corrected chi connectivity index (χ4v) is 4.79. The number of thiophene rings is 1. The van der Waals surface area contributed by atoms with Gasteiger partial charge in [-0.1, -0.05) is 30.7 Å². The highest BCUT2D eigenvalue weighted by Gasteiger charge is 2.20. The lowest BCUT2D eigenvalue weighted by Crippen LogP contribution is -2.13. The molecule has 1 heterocycles. The standard InChI is InChI=1S/C14H17ClN2O2S2/c1-3-16-9-11-8-14(10(2)20-11)21(18,19)17-13-7-5-4-6-12(13)15/h4-8,16-17H,3,9H2,1-2H3. The highest BCUT2D eigenvalue weighted by Crippen LogP contribution is 2.29. The van der Waals surface area contributed by atoms with Gasteiger partial charge in [0.2, 0.25) is 0 Å². The van der Waals surface area contributed by atoms with Crippen molar-refractivity contribution in [2.24, 2.45) is 0 Å². The number of anilines is 1. The zero-order valence-electron chi connectivity index (χ0n) is 11.8. The van der Waals surface area contributed by atoms with Crippen LogP contribution >= 0.6 is 22.9 Å². The van der Waals surface area contributed by atoms with Crippen LogP contribution in [0.15, 0.2) is 35.2 Å². The first-order valence-corrected chi connectivity index (χ1v) is 9.19. The molecule has 0 unspecified atom stereocenters. The maximum atomic E-state index is 12.5. The van der Waals surface area contributed by atoms with Crippen molar-refractivity contribution in [1.82, 2.24) is 5.32 Å². The van der Waals surface area contributed by atoms with Crippen molar-refractivity contribution in [2.45, 2.75) is 25.3 Å². The lowest BCUT2D eigenvalue weighted by molar-refractivity contribution is 0.601. The monoisotopic (exact) mass is 344 g/mol. The number of sulfonamides is 1. The number of hydrogen-bond donors (Lipinski definition) is 2. The smallest absolute Gasteiger partial charge is 0.263 e. The third-order valence-electron chi connectivity index (χ3n) is 2.88. The van der Waals surface area contributed by atoms with Crippen LogP contribution in [0.3, 0.4) is 0 Å². The van der Waals surface area contributed by atoms with E-state index in [-0.39, 0.29) is 0 Å². The molecule has 0 fully saturated rings. The van der Waals surface area contributed by atoms with E-state index >= 15 is 0 Å². The summed E-state index contributed by atoms with van der Waals surface area (Å²) in [4.78, 5) is 2.07. The predicted octanol–water partition coefficient (Wildman–Crippen LogP) is 3.62. The van der Waals surface area contributed by atoms with Gasteiger partial charge in [0, 0.05) is 16.3 Å². The molecule has 21 heavy (non-hydrogen) atoms. The van der Waals surface area contributed by atoms with Gasteiger partial charge < -0.3 is 5.32 Å². The summed E-state index contributed by atoms with van der Waals surface area (Å²) in [6.45, 7) is 5.33. The van der Waals surface area contributed by atoms with Gasteiger partial charge in [-0.3, -0.25) is 4.72 Å². The fourth-order valence-electron chi connectivity index (χ4n) is 1.87. The van der Waals surface area contributed by atoms with Crippen molar-refractivity contribution in [1.29, 1.82) is 0 Å². The number of aryl methyl sites for hydroxylation is 1.